The summed E-state index contributed by atoms with van der Waals surface area (Å²) < 4.78 is 14.2. The summed E-state index contributed by atoms with van der Waals surface area (Å²) in [6.07, 6.45) is 0. The van der Waals surface area contributed by atoms with Crippen LogP contribution in [0.15, 0.2) is 133 Å². The molecule has 0 aliphatic carbocycles. The van der Waals surface area contributed by atoms with E-state index in [2.05, 4.69) is 114 Å². The molecule has 0 aliphatic rings. The highest BCUT2D eigenvalue weighted by Crippen LogP contribution is 2.47. The highest BCUT2D eigenvalue weighted by Gasteiger charge is 2.22. The third kappa shape index (κ3) is 3.04. The van der Waals surface area contributed by atoms with E-state index in [0.29, 0.717) is 0 Å². The molecule has 0 bridgehead atoms. The van der Waals surface area contributed by atoms with Gasteiger partial charge in [-0.1, -0.05) is 97.1 Å². The molecule has 0 saturated heterocycles. The van der Waals surface area contributed by atoms with Crippen LogP contribution in [0.2, 0.25) is 0 Å². The minimum Gasteiger partial charge on any atom is -0.309 e. The van der Waals surface area contributed by atoms with Gasteiger partial charge in [-0.05, 0) is 74.1 Å². The standard InChI is InChI=1S/C36H22FN/c37-28-16-18-29(19-17-28)38(36-30-10-3-1-6-26(30)22-27-7-2-4-11-31(27)36)33-21-15-25-13-12-23-8-5-9-24-14-20-32(33)35(25)34(23)24/h1-22H. The van der Waals surface area contributed by atoms with Gasteiger partial charge in [-0.3, -0.25) is 0 Å². The maximum absolute atomic E-state index is 14.2. The first-order chi connectivity index (χ1) is 18.8. The first-order valence-electron chi connectivity index (χ1n) is 12.9. The quantitative estimate of drug-likeness (QED) is 0.177. The number of rotatable bonds is 3. The molecule has 8 rings (SSSR count). The second-order valence-electron chi connectivity index (χ2n) is 9.92. The topological polar surface area (TPSA) is 3.24 Å². The second-order valence-corrected chi connectivity index (χ2v) is 9.92. The lowest BCUT2D eigenvalue weighted by Crippen LogP contribution is -2.12. The number of anilines is 3. The minimum absolute atomic E-state index is 0.244. The van der Waals surface area contributed by atoms with Crippen molar-refractivity contribution in [1.29, 1.82) is 0 Å². The van der Waals surface area contributed by atoms with Gasteiger partial charge >= 0.3 is 0 Å². The molecule has 8 aromatic rings. The summed E-state index contributed by atoms with van der Waals surface area (Å²) in [4.78, 5) is 2.32. The van der Waals surface area contributed by atoms with Crippen molar-refractivity contribution in [3.05, 3.63) is 139 Å². The lowest BCUT2D eigenvalue weighted by Gasteiger charge is -2.30. The molecular weight excluding hydrogens is 465 g/mol. The highest BCUT2D eigenvalue weighted by atomic mass is 19.1. The van der Waals surface area contributed by atoms with E-state index in [4.69, 9.17) is 0 Å². The fourth-order valence-electron chi connectivity index (χ4n) is 6.12. The summed E-state index contributed by atoms with van der Waals surface area (Å²) in [5.41, 5.74) is 3.09. The minimum atomic E-state index is -0.244. The Balaban J connectivity index is 1.55. The third-order valence-corrected chi connectivity index (χ3v) is 7.80. The van der Waals surface area contributed by atoms with Crippen LogP contribution in [0, 0.1) is 5.82 Å². The van der Waals surface area contributed by atoms with E-state index in [0.717, 1.165) is 27.8 Å². The third-order valence-electron chi connectivity index (χ3n) is 7.80. The molecule has 0 unspecified atom stereocenters. The average molecular weight is 488 g/mol. The van der Waals surface area contributed by atoms with Crippen LogP contribution >= 0.6 is 0 Å². The monoisotopic (exact) mass is 487 g/mol. The van der Waals surface area contributed by atoms with Crippen LogP contribution in [0.25, 0.3) is 53.9 Å². The molecule has 0 aliphatic heterocycles. The zero-order chi connectivity index (χ0) is 25.2. The van der Waals surface area contributed by atoms with E-state index in [1.165, 1.54) is 43.1 Å². The van der Waals surface area contributed by atoms with Crippen LogP contribution in [0.4, 0.5) is 21.5 Å². The zero-order valence-corrected chi connectivity index (χ0v) is 20.5. The van der Waals surface area contributed by atoms with Gasteiger partial charge in [0.15, 0.2) is 0 Å². The van der Waals surface area contributed by atoms with Gasteiger partial charge in [-0.2, -0.15) is 0 Å². The van der Waals surface area contributed by atoms with Crippen molar-refractivity contribution in [3.8, 4) is 0 Å². The Morgan fingerprint density at radius 2 is 0.974 bits per heavy atom. The van der Waals surface area contributed by atoms with E-state index in [9.17, 15) is 4.39 Å². The zero-order valence-electron chi connectivity index (χ0n) is 20.5. The highest BCUT2D eigenvalue weighted by molar-refractivity contribution is 6.26. The molecule has 1 nitrogen and oxygen atoms in total. The Kier molecular flexibility index (Phi) is 4.47. The van der Waals surface area contributed by atoms with Crippen LogP contribution in [0.1, 0.15) is 0 Å². The molecule has 0 heterocycles. The van der Waals surface area contributed by atoms with Crippen molar-refractivity contribution in [2.75, 3.05) is 4.90 Å². The maximum atomic E-state index is 14.2. The van der Waals surface area contributed by atoms with Gasteiger partial charge in [-0.25, -0.2) is 4.39 Å². The summed E-state index contributed by atoms with van der Waals surface area (Å²) in [5, 5.41) is 12.1. The first kappa shape index (κ1) is 21.2. The number of hydrogen-bond acceptors (Lipinski definition) is 1. The predicted molar refractivity (Wildman–Crippen MR) is 160 cm³/mol. The van der Waals surface area contributed by atoms with Crippen LogP contribution in [0.3, 0.4) is 0 Å². The second kappa shape index (κ2) is 8.03. The van der Waals surface area contributed by atoms with Crippen molar-refractivity contribution >= 4 is 70.9 Å². The maximum Gasteiger partial charge on any atom is 0.123 e. The Morgan fingerprint density at radius 1 is 0.421 bits per heavy atom. The van der Waals surface area contributed by atoms with Crippen molar-refractivity contribution in [2.45, 2.75) is 0 Å². The van der Waals surface area contributed by atoms with Gasteiger partial charge in [0, 0.05) is 21.8 Å². The van der Waals surface area contributed by atoms with E-state index in [-0.39, 0.29) is 5.82 Å². The smallest absolute Gasteiger partial charge is 0.123 e. The predicted octanol–water partition coefficient (Wildman–Crippen LogP) is 10.5. The molecule has 0 saturated carbocycles. The van der Waals surface area contributed by atoms with Gasteiger partial charge < -0.3 is 4.90 Å². The van der Waals surface area contributed by atoms with Crippen molar-refractivity contribution in [2.24, 2.45) is 0 Å². The summed E-state index contributed by atoms with van der Waals surface area (Å²) in [5.74, 6) is -0.244. The van der Waals surface area contributed by atoms with Gasteiger partial charge in [0.2, 0.25) is 0 Å². The molecule has 38 heavy (non-hydrogen) atoms. The molecular formula is C36H22FN. The van der Waals surface area contributed by atoms with Gasteiger partial charge in [0.1, 0.15) is 5.82 Å². The van der Waals surface area contributed by atoms with E-state index >= 15 is 0 Å². The van der Waals surface area contributed by atoms with E-state index in [1.54, 1.807) is 12.1 Å². The van der Waals surface area contributed by atoms with Crippen LogP contribution in [-0.2, 0) is 0 Å². The molecule has 8 aromatic carbocycles. The van der Waals surface area contributed by atoms with E-state index < -0.39 is 0 Å². The SMILES string of the molecule is Fc1ccc(N(c2c3ccccc3cc3ccccc23)c2ccc3ccc4cccc5ccc2c3c45)cc1. The normalized spacial score (nSPS) is 11.8. The van der Waals surface area contributed by atoms with Gasteiger partial charge in [0.25, 0.3) is 0 Å². The van der Waals surface area contributed by atoms with Crippen LogP contribution in [0.5, 0.6) is 0 Å². The Bertz CT molecular complexity index is 2070. The molecule has 0 N–H and O–H groups in total. The first-order valence-corrected chi connectivity index (χ1v) is 12.9. The van der Waals surface area contributed by atoms with Crippen LogP contribution in [-0.4, -0.2) is 0 Å². The summed E-state index contributed by atoms with van der Waals surface area (Å²) in [6, 6.07) is 45.9. The Morgan fingerprint density at radius 3 is 1.66 bits per heavy atom. The molecule has 0 amide bonds. The Labute approximate surface area is 219 Å². The van der Waals surface area contributed by atoms with Gasteiger partial charge in [0.05, 0.1) is 11.4 Å². The number of nitrogens with zero attached hydrogens (tertiary/aromatic N) is 1. The molecule has 178 valence electrons. The summed E-state index contributed by atoms with van der Waals surface area (Å²) >= 11 is 0. The number of halogens is 1. The fraction of sp³-hybridized carbons (Fsp3) is 0. The van der Waals surface area contributed by atoms with Crippen molar-refractivity contribution in [3.63, 3.8) is 0 Å². The number of fused-ring (bicyclic) bond motifs is 2. The largest absolute Gasteiger partial charge is 0.309 e. The lowest BCUT2D eigenvalue weighted by atomic mass is 9.92. The van der Waals surface area contributed by atoms with Crippen molar-refractivity contribution < 1.29 is 4.39 Å². The fourth-order valence-corrected chi connectivity index (χ4v) is 6.12. The average Bonchev–Trinajstić information content (AvgIpc) is 2.97. The molecule has 2 heteroatoms. The number of benzene rings is 8. The molecule has 0 atom stereocenters. The van der Waals surface area contributed by atoms with Crippen molar-refractivity contribution in [1.82, 2.24) is 0 Å². The summed E-state index contributed by atoms with van der Waals surface area (Å²) in [6.45, 7) is 0. The Hall–Kier alpha value is -4.95. The molecule has 0 radical (unpaired) electrons. The molecule has 0 aromatic heterocycles. The van der Waals surface area contributed by atoms with E-state index in [1.807, 2.05) is 12.1 Å². The van der Waals surface area contributed by atoms with Gasteiger partial charge in [-0.15, -0.1) is 0 Å². The summed E-state index contributed by atoms with van der Waals surface area (Å²) in [7, 11) is 0. The molecule has 0 fully saturated rings. The lowest BCUT2D eigenvalue weighted by molar-refractivity contribution is 0.628. The molecule has 0 spiro atoms. The van der Waals surface area contributed by atoms with Crippen LogP contribution < -0.4 is 4.90 Å². The number of hydrogen-bond donors (Lipinski definition) is 0.